The number of primary amides is 1. The summed E-state index contributed by atoms with van der Waals surface area (Å²) in [5.74, 6) is -0.461. The van der Waals surface area contributed by atoms with E-state index in [1.54, 1.807) is 13.1 Å². The molecule has 8 nitrogen and oxygen atoms in total. The van der Waals surface area contributed by atoms with Crippen molar-refractivity contribution in [3.8, 4) is 0 Å². The Kier molecular flexibility index (Phi) is 6.73. The summed E-state index contributed by atoms with van der Waals surface area (Å²) < 4.78 is 13.2. The van der Waals surface area contributed by atoms with Gasteiger partial charge in [0.15, 0.2) is 5.96 Å². The molecule has 0 aliphatic carbocycles. The summed E-state index contributed by atoms with van der Waals surface area (Å²) in [6, 6.07) is 5.72. The number of hydrogen-bond donors (Lipinski definition) is 3. The summed E-state index contributed by atoms with van der Waals surface area (Å²) in [5.41, 5.74) is 5.18. The number of piperazine rings is 1. The van der Waals surface area contributed by atoms with Crippen molar-refractivity contribution >= 4 is 23.5 Å². The molecular formula is C18H27FN6O2. The molecule has 27 heavy (non-hydrogen) atoms. The van der Waals surface area contributed by atoms with Gasteiger partial charge in [-0.1, -0.05) is 6.07 Å². The first-order valence-corrected chi connectivity index (χ1v) is 8.80. The quantitative estimate of drug-likeness (QED) is 0.502. The second kappa shape index (κ2) is 8.81. The maximum absolute atomic E-state index is 13.2. The molecule has 1 aliphatic rings. The first-order valence-electron chi connectivity index (χ1n) is 8.80. The number of nitrogens with zero attached hydrogens (tertiary/aromatic N) is 3. The van der Waals surface area contributed by atoms with E-state index in [0.717, 1.165) is 0 Å². The van der Waals surface area contributed by atoms with Gasteiger partial charge in [-0.2, -0.15) is 0 Å². The van der Waals surface area contributed by atoms with Crippen molar-refractivity contribution in [2.24, 2.45) is 10.7 Å². The van der Waals surface area contributed by atoms with Gasteiger partial charge < -0.3 is 21.3 Å². The zero-order chi connectivity index (χ0) is 20.0. The Morgan fingerprint density at radius 2 is 1.93 bits per heavy atom. The van der Waals surface area contributed by atoms with Crippen LogP contribution >= 0.6 is 0 Å². The molecule has 4 N–H and O–H groups in total. The van der Waals surface area contributed by atoms with Crippen LogP contribution in [0.4, 0.5) is 10.1 Å². The van der Waals surface area contributed by atoms with Crippen LogP contribution in [0.5, 0.6) is 0 Å². The molecule has 0 aromatic heterocycles. The van der Waals surface area contributed by atoms with Gasteiger partial charge in [0.05, 0.1) is 12.1 Å². The fourth-order valence-electron chi connectivity index (χ4n) is 2.90. The third kappa shape index (κ3) is 5.40. The van der Waals surface area contributed by atoms with Crippen molar-refractivity contribution in [2.45, 2.75) is 19.4 Å². The molecule has 0 atom stereocenters. The number of nitrogens with one attached hydrogen (secondary N) is 2. The average molecular weight is 378 g/mol. The molecule has 1 fully saturated rings. The Labute approximate surface area is 158 Å². The van der Waals surface area contributed by atoms with Crippen LogP contribution in [0.15, 0.2) is 29.3 Å². The lowest BCUT2D eigenvalue weighted by Gasteiger charge is -2.43. The van der Waals surface area contributed by atoms with E-state index in [4.69, 9.17) is 5.73 Å². The van der Waals surface area contributed by atoms with E-state index in [-0.39, 0.29) is 18.4 Å². The molecule has 1 aliphatic heterocycles. The lowest BCUT2D eigenvalue weighted by atomic mass is 10.0. The van der Waals surface area contributed by atoms with Gasteiger partial charge >= 0.3 is 0 Å². The van der Waals surface area contributed by atoms with Crippen molar-refractivity contribution in [3.05, 3.63) is 30.1 Å². The van der Waals surface area contributed by atoms with Crippen LogP contribution in [-0.2, 0) is 9.59 Å². The summed E-state index contributed by atoms with van der Waals surface area (Å²) in [6.07, 6.45) is 0. The van der Waals surface area contributed by atoms with Crippen LogP contribution < -0.4 is 16.4 Å². The first kappa shape index (κ1) is 20.6. The number of halogens is 1. The van der Waals surface area contributed by atoms with Crippen molar-refractivity contribution in [3.63, 3.8) is 0 Å². The highest BCUT2D eigenvalue weighted by Crippen LogP contribution is 2.16. The molecular weight excluding hydrogens is 351 g/mol. The van der Waals surface area contributed by atoms with Gasteiger partial charge in [-0.3, -0.25) is 19.5 Å². The lowest BCUT2D eigenvalue weighted by Crippen LogP contribution is -2.61. The predicted octanol–water partition coefficient (Wildman–Crippen LogP) is 0.221. The minimum Gasteiger partial charge on any atom is -0.368 e. The van der Waals surface area contributed by atoms with Crippen LogP contribution in [0.2, 0.25) is 0 Å². The fraction of sp³-hybridized carbons (Fsp3) is 0.500. The summed E-state index contributed by atoms with van der Waals surface area (Å²) in [7, 11) is 1.65. The maximum Gasteiger partial charge on any atom is 0.243 e. The molecule has 1 aromatic rings. The number of carbonyl (C=O) groups is 2. The van der Waals surface area contributed by atoms with Crippen LogP contribution in [0.3, 0.4) is 0 Å². The van der Waals surface area contributed by atoms with Gasteiger partial charge in [-0.15, -0.1) is 0 Å². The van der Waals surface area contributed by atoms with Gasteiger partial charge in [0.25, 0.3) is 0 Å². The number of benzene rings is 1. The minimum absolute atomic E-state index is 0.0101. The number of amides is 2. The standard InChI is InChI=1S/C18H27FN6O2/c1-18(2,16(20)27)25-9-7-24(8-10-25)17(21-3)22-12-15(26)23-14-6-4-5-13(19)11-14/h4-6,11H,7-10,12H2,1-3H3,(H2,20,27)(H,21,22)(H,23,26). The van der Waals surface area contributed by atoms with Crippen molar-refractivity contribution in [1.29, 1.82) is 0 Å². The van der Waals surface area contributed by atoms with Gasteiger partial charge in [0.1, 0.15) is 5.82 Å². The lowest BCUT2D eigenvalue weighted by molar-refractivity contribution is -0.129. The van der Waals surface area contributed by atoms with Crippen molar-refractivity contribution < 1.29 is 14.0 Å². The molecule has 0 radical (unpaired) electrons. The normalized spacial score (nSPS) is 16.1. The van der Waals surface area contributed by atoms with Gasteiger partial charge in [0.2, 0.25) is 11.8 Å². The molecule has 0 unspecified atom stereocenters. The highest BCUT2D eigenvalue weighted by molar-refractivity contribution is 5.95. The van der Waals surface area contributed by atoms with Gasteiger partial charge in [-0.05, 0) is 32.0 Å². The Balaban J connectivity index is 1.84. The van der Waals surface area contributed by atoms with E-state index in [9.17, 15) is 14.0 Å². The van der Waals surface area contributed by atoms with Crippen LogP contribution in [0.1, 0.15) is 13.8 Å². The van der Waals surface area contributed by atoms with E-state index in [1.807, 2.05) is 23.6 Å². The molecule has 9 heteroatoms. The highest BCUT2D eigenvalue weighted by atomic mass is 19.1. The number of carbonyl (C=O) groups excluding carboxylic acids is 2. The fourth-order valence-corrected chi connectivity index (χ4v) is 2.90. The topological polar surface area (TPSA) is 103 Å². The second-order valence-corrected chi connectivity index (χ2v) is 6.86. The monoisotopic (exact) mass is 378 g/mol. The Bertz CT molecular complexity index is 714. The van der Waals surface area contributed by atoms with Crippen LogP contribution in [-0.4, -0.2) is 72.9 Å². The first-order chi connectivity index (χ1) is 12.7. The molecule has 2 amide bonds. The number of rotatable bonds is 5. The van der Waals surface area contributed by atoms with Gasteiger partial charge in [-0.25, -0.2) is 4.39 Å². The Hall–Kier alpha value is -2.68. The van der Waals surface area contributed by atoms with Crippen molar-refractivity contribution in [1.82, 2.24) is 15.1 Å². The number of guanidine groups is 1. The third-order valence-electron chi connectivity index (χ3n) is 4.70. The molecule has 2 rings (SSSR count). The number of aliphatic imine (C=N–C) groups is 1. The Morgan fingerprint density at radius 3 is 2.48 bits per heavy atom. The smallest absolute Gasteiger partial charge is 0.243 e. The number of hydrogen-bond acceptors (Lipinski definition) is 4. The van der Waals surface area contributed by atoms with E-state index in [1.165, 1.54) is 18.2 Å². The number of anilines is 1. The summed E-state index contributed by atoms with van der Waals surface area (Å²) >= 11 is 0. The highest BCUT2D eigenvalue weighted by Gasteiger charge is 2.35. The Morgan fingerprint density at radius 1 is 1.26 bits per heavy atom. The summed E-state index contributed by atoms with van der Waals surface area (Å²) in [4.78, 5) is 31.9. The molecule has 1 heterocycles. The maximum atomic E-state index is 13.2. The molecule has 148 valence electrons. The molecule has 1 aromatic carbocycles. The average Bonchev–Trinajstić information content (AvgIpc) is 2.62. The largest absolute Gasteiger partial charge is 0.368 e. The van der Waals surface area contributed by atoms with Crippen LogP contribution in [0, 0.1) is 5.82 Å². The minimum atomic E-state index is -0.701. The van der Waals surface area contributed by atoms with Gasteiger partial charge in [0, 0.05) is 38.9 Å². The van der Waals surface area contributed by atoms with E-state index < -0.39 is 11.4 Å². The van der Waals surface area contributed by atoms with E-state index >= 15 is 0 Å². The van der Waals surface area contributed by atoms with Crippen LogP contribution in [0.25, 0.3) is 0 Å². The molecule has 1 saturated heterocycles. The van der Waals surface area contributed by atoms with E-state index in [2.05, 4.69) is 15.6 Å². The zero-order valence-corrected chi connectivity index (χ0v) is 16.0. The van der Waals surface area contributed by atoms with Crippen molar-refractivity contribution in [2.75, 3.05) is 45.1 Å². The zero-order valence-electron chi connectivity index (χ0n) is 16.0. The second-order valence-electron chi connectivity index (χ2n) is 6.86. The molecule has 0 spiro atoms. The predicted molar refractivity (Wildman–Crippen MR) is 103 cm³/mol. The SMILES string of the molecule is CN=C(NCC(=O)Nc1cccc(F)c1)N1CCN(C(C)(C)C(N)=O)CC1. The third-order valence-corrected chi connectivity index (χ3v) is 4.70. The molecule has 0 bridgehead atoms. The summed E-state index contributed by atoms with van der Waals surface area (Å²) in [6.45, 7) is 6.27. The molecule has 0 saturated carbocycles. The van der Waals surface area contributed by atoms with E-state index in [0.29, 0.717) is 37.8 Å². The number of nitrogens with two attached hydrogens (primary N) is 1. The summed E-state index contributed by atoms with van der Waals surface area (Å²) in [5, 5.41) is 5.64.